The van der Waals surface area contributed by atoms with E-state index in [1.54, 1.807) is 0 Å². The number of sulfone groups is 1. The Bertz CT molecular complexity index is 840. The van der Waals surface area contributed by atoms with E-state index >= 15 is 0 Å². The van der Waals surface area contributed by atoms with Crippen LogP contribution in [0.4, 0.5) is 5.69 Å². The van der Waals surface area contributed by atoms with Crippen molar-refractivity contribution in [2.45, 2.75) is 39.2 Å². The molecule has 0 saturated carbocycles. The molecule has 0 radical (unpaired) electrons. The lowest BCUT2D eigenvalue weighted by Gasteiger charge is -2.27. The summed E-state index contributed by atoms with van der Waals surface area (Å²) in [6.07, 6.45) is 0.782. The van der Waals surface area contributed by atoms with E-state index in [0.29, 0.717) is 6.42 Å². The normalized spacial score (nSPS) is 22.6. The monoisotopic (exact) mass is 363 g/mol. The van der Waals surface area contributed by atoms with Crippen LogP contribution in [0.2, 0.25) is 0 Å². The lowest BCUT2D eigenvalue weighted by Crippen LogP contribution is -2.42. The van der Waals surface area contributed by atoms with Crippen molar-refractivity contribution in [1.82, 2.24) is 5.01 Å². The number of aryl methyl sites for hydroxylation is 2. The molecule has 0 spiro atoms. The first-order chi connectivity index (χ1) is 11.8. The fourth-order valence-electron chi connectivity index (χ4n) is 3.19. The van der Waals surface area contributed by atoms with Crippen LogP contribution >= 0.6 is 0 Å². The van der Waals surface area contributed by atoms with Crippen molar-refractivity contribution >= 4 is 33.1 Å². The Morgan fingerprint density at radius 3 is 2.52 bits per heavy atom. The molecule has 2 aliphatic rings. The van der Waals surface area contributed by atoms with Gasteiger partial charge in [-0.25, -0.2) is 13.4 Å². The second-order valence-electron chi connectivity index (χ2n) is 6.56. The minimum atomic E-state index is -3.13. The highest BCUT2D eigenvalue weighted by atomic mass is 32.2. The van der Waals surface area contributed by atoms with Crippen LogP contribution in [0.25, 0.3) is 0 Å². The summed E-state index contributed by atoms with van der Waals surface area (Å²) in [7, 11) is -3.13. The summed E-state index contributed by atoms with van der Waals surface area (Å²) in [6, 6.07) is 5.26. The number of hydrogen-bond donors (Lipinski definition) is 1. The number of rotatable bonds is 3. The molecule has 7 nitrogen and oxygen atoms in total. The summed E-state index contributed by atoms with van der Waals surface area (Å²) < 4.78 is 23.3. The minimum Gasteiger partial charge on any atom is -0.320 e. The van der Waals surface area contributed by atoms with E-state index in [9.17, 15) is 18.0 Å². The highest BCUT2D eigenvalue weighted by molar-refractivity contribution is 7.91. The number of anilines is 1. The summed E-state index contributed by atoms with van der Waals surface area (Å²) in [4.78, 5) is 24.7. The third-order valence-corrected chi connectivity index (χ3v) is 6.35. The smallest absolute Gasteiger partial charge is 0.271 e. The van der Waals surface area contributed by atoms with Crippen LogP contribution in [0.5, 0.6) is 0 Å². The molecule has 3 rings (SSSR count). The zero-order valence-corrected chi connectivity index (χ0v) is 15.1. The van der Waals surface area contributed by atoms with Crippen molar-refractivity contribution in [2.24, 2.45) is 5.10 Å². The van der Waals surface area contributed by atoms with Gasteiger partial charge in [-0.1, -0.05) is 18.2 Å². The first-order valence-electron chi connectivity index (χ1n) is 8.24. The average Bonchev–Trinajstić information content (AvgIpc) is 2.91. The van der Waals surface area contributed by atoms with Gasteiger partial charge < -0.3 is 5.32 Å². The maximum absolute atomic E-state index is 12.6. The molecule has 2 amide bonds. The number of benzene rings is 1. The summed E-state index contributed by atoms with van der Waals surface area (Å²) >= 11 is 0. The third kappa shape index (κ3) is 3.73. The Kier molecular flexibility index (Phi) is 4.64. The molecular formula is C17H21N3O4S. The molecule has 1 saturated heterocycles. The van der Waals surface area contributed by atoms with E-state index in [0.717, 1.165) is 16.8 Å². The van der Waals surface area contributed by atoms with E-state index in [4.69, 9.17) is 0 Å². The zero-order valence-electron chi connectivity index (χ0n) is 14.3. The third-order valence-electron chi connectivity index (χ3n) is 4.60. The van der Waals surface area contributed by atoms with Crippen molar-refractivity contribution in [1.29, 1.82) is 0 Å². The molecule has 0 aliphatic carbocycles. The van der Waals surface area contributed by atoms with Crippen molar-refractivity contribution < 1.29 is 18.0 Å². The maximum atomic E-state index is 12.6. The second kappa shape index (κ2) is 6.59. The van der Waals surface area contributed by atoms with Gasteiger partial charge in [0.1, 0.15) is 5.71 Å². The molecule has 1 aromatic rings. The first kappa shape index (κ1) is 17.6. The second-order valence-corrected chi connectivity index (χ2v) is 8.79. The van der Waals surface area contributed by atoms with Crippen LogP contribution in [0, 0.1) is 13.8 Å². The highest BCUT2D eigenvalue weighted by Crippen LogP contribution is 2.23. The molecule has 25 heavy (non-hydrogen) atoms. The molecule has 0 bridgehead atoms. The minimum absolute atomic E-state index is 0.0564. The van der Waals surface area contributed by atoms with Crippen molar-refractivity contribution in [3.05, 3.63) is 29.3 Å². The summed E-state index contributed by atoms with van der Waals surface area (Å²) in [5.41, 5.74) is 2.88. The van der Waals surface area contributed by atoms with Gasteiger partial charge in [0, 0.05) is 18.5 Å². The number of carbonyl (C=O) groups is 2. The van der Waals surface area contributed by atoms with Gasteiger partial charge in [0.05, 0.1) is 17.5 Å². The fourth-order valence-corrected chi connectivity index (χ4v) is 4.88. The van der Waals surface area contributed by atoms with Crippen molar-refractivity contribution in [3.8, 4) is 0 Å². The molecule has 0 aromatic heterocycles. The van der Waals surface area contributed by atoms with E-state index in [1.807, 2.05) is 32.0 Å². The lowest BCUT2D eigenvalue weighted by atomic mass is 10.1. The molecule has 0 unspecified atom stereocenters. The van der Waals surface area contributed by atoms with E-state index in [1.165, 1.54) is 5.01 Å². The lowest BCUT2D eigenvalue weighted by molar-refractivity contribution is -0.133. The molecule has 1 fully saturated rings. The first-order valence-corrected chi connectivity index (χ1v) is 10.1. The largest absolute Gasteiger partial charge is 0.320 e. The number of hydrogen-bond acceptors (Lipinski definition) is 5. The molecule has 1 atom stereocenters. The maximum Gasteiger partial charge on any atom is 0.271 e. The van der Waals surface area contributed by atoms with Crippen LogP contribution in [-0.2, 0) is 19.4 Å². The van der Waals surface area contributed by atoms with Gasteiger partial charge in [-0.2, -0.15) is 5.10 Å². The van der Waals surface area contributed by atoms with E-state index in [-0.39, 0.29) is 41.9 Å². The van der Waals surface area contributed by atoms with Crippen LogP contribution in [0.15, 0.2) is 23.3 Å². The summed E-state index contributed by atoms with van der Waals surface area (Å²) in [5.74, 6) is -0.615. The number of hydrazone groups is 1. The average molecular weight is 363 g/mol. The van der Waals surface area contributed by atoms with Gasteiger partial charge in [0.25, 0.3) is 5.91 Å². The van der Waals surface area contributed by atoms with Crippen molar-refractivity contribution in [3.63, 3.8) is 0 Å². The van der Waals surface area contributed by atoms with Crippen LogP contribution < -0.4 is 5.32 Å². The Hall–Kier alpha value is -2.22. The molecule has 2 aliphatic heterocycles. The SMILES string of the molecule is Cc1cccc(C)c1NC(=O)C1=NN([C@@H]2CCS(=O)(=O)C2)C(=O)CC1. The molecule has 134 valence electrons. The highest BCUT2D eigenvalue weighted by Gasteiger charge is 2.37. The number of nitrogens with zero attached hydrogens (tertiary/aromatic N) is 2. The number of nitrogens with one attached hydrogen (secondary N) is 1. The Balaban J connectivity index is 1.80. The Morgan fingerprint density at radius 1 is 1.24 bits per heavy atom. The van der Waals surface area contributed by atoms with Crippen LogP contribution in [0.3, 0.4) is 0 Å². The zero-order chi connectivity index (χ0) is 18.2. The molecule has 1 N–H and O–H groups in total. The predicted molar refractivity (Wildman–Crippen MR) is 95.1 cm³/mol. The number of para-hydroxylation sites is 1. The number of carbonyl (C=O) groups excluding carboxylic acids is 2. The van der Waals surface area contributed by atoms with Crippen LogP contribution in [-0.4, -0.2) is 48.5 Å². The summed E-state index contributed by atoms with van der Waals surface area (Å²) in [6.45, 7) is 3.81. The van der Waals surface area contributed by atoms with E-state index < -0.39 is 15.9 Å². The Labute approximate surface area is 147 Å². The van der Waals surface area contributed by atoms with E-state index in [2.05, 4.69) is 10.4 Å². The quantitative estimate of drug-likeness (QED) is 0.878. The van der Waals surface area contributed by atoms with Gasteiger partial charge in [-0.3, -0.25) is 9.59 Å². The summed E-state index contributed by atoms with van der Waals surface area (Å²) in [5, 5.41) is 8.26. The molecule has 2 heterocycles. The van der Waals surface area contributed by atoms with Crippen LogP contribution in [0.1, 0.15) is 30.4 Å². The molecule has 8 heteroatoms. The van der Waals surface area contributed by atoms with Gasteiger partial charge in [-0.15, -0.1) is 0 Å². The van der Waals surface area contributed by atoms with Gasteiger partial charge in [0.2, 0.25) is 5.91 Å². The van der Waals surface area contributed by atoms with Gasteiger partial charge in [0.15, 0.2) is 9.84 Å². The topological polar surface area (TPSA) is 95.9 Å². The fraction of sp³-hybridized carbons (Fsp3) is 0.471. The van der Waals surface area contributed by atoms with Gasteiger partial charge >= 0.3 is 0 Å². The van der Waals surface area contributed by atoms with Crippen molar-refractivity contribution in [2.75, 3.05) is 16.8 Å². The predicted octanol–water partition coefficient (Wildman–Crippen LogP) is 1.41. The Morgan fingerprint density at radius 2 is 1.92 bits per heavy atom. The molecule has 1 aromatic carbocycles. The van der Waals surface area contributed by atoms with Gasteiger partial charge in [-0.05, 0) is 31.4 Å². The number of amides is 2. The molecular weight excluding hydrogens is 342 g/mol. The standard InChI is InChI=1S/C17H21N3O4S/c1-11-4-3-5-12(2)16(11)18-17(22)14-6-7-15(21)20(19-14)13-8-9-25(23,24)10-13/h3-5,13H,6-10H2,1-2H3,(H,18,22)/t13-/m1/s1.